The van der Waals surface area contributed by atoms with E-state index in [2.05, 4.69) is 0 Å². The maximum atomic E-state index is 10.1. The lowest BCUT2D eigenvalue weighted by Gasteiger charge is -2.35. The van der Waals surface area contributed by atoms with E-state index < -0.39 is 10.8 Å². The van der Waals surface area contributed by atoms with Gasteiger partial charge in [-0.3, -0.25) is 0 Å². The summed E-state index contributed by atoms with van der Waals surface area (Å²) in [5.41, 5.74) is -1.25. The molecule has 176 valence electrons. The molecule has 0 aliphatic heterocycles. The van der Waals surface area contributed by atoms with E-state index >= 15 is 0 Å². The minimum Gasteiger partial charge on any atom is -0.396 e. The van der Waals surface area contributed by atoms with Gasteiger partial charge in [0.25, 0.3) is 0 Å². The largest absolute Gasteiger partial charge is 0.396 e. The SMILES string of the molecule is CCCOCC(CO)(COCCC)COCC(CO)(COCCC)COCCC. The molecule has 0 aliphatic rings. The van der Waals surface area contributed by atoms with E-state index in [4.69, 9.17) is 23.7 Å². The van der Waals surface area contributed by atoms with E-state index in [1.807, 2.05) is 27.7 Å². The molecule has 0 aromatic rings. The first kappa shape index (κ1) is 28.7. The fourth-order valence-corrected chi connectivity index (χ4v) is 2.74. The molecule has 0 aliphatic carbocycles. The molecular formula is C22H46O7. The summed E-state index contributed by atoms with van der Waals surface area (Å²) in [6, 6.07) is 0. The van der Waals surface area contributed by atoms with Gasteiger partial charge in [-0.25, -0.2) is 0 Å². The molecule has 29 heavy (non-hydrogen) atoms. The molecule has 0 saturated carbocycles. The van der Waals surface area contributed by atoms with Crippen molar-refractivity contribution in [3.05, 3.63) is 0 Å². The van der Waals surface area contributed by atoms with Crippen molar-refractivity contribution in [1.29, 1.82) is 0 Å². The third-order valence-electron chi connectivity index (χ3n) is 4.51. The van der Waals surface area contributed by atoms with Crippen LogP contribution in [-0.2, 0) is 23.7 Å². The second-order valence-corrected chi connectivity index (χ2v) is 8.02. The standard InChI is InChI=1S/C22H46O7/c1-5-9-25-15-21(13-23,16-26-10-6-2)19-29-20-22(14-24,17-27-11-7-3)18-28-12-8-4/h23-24H,5-20H2,1-4H3. The van der Waals surface area contributed by atoms with Crippen LogP contribution in [0.1, 0.15) is 53.4 Å². The lowest BCUT2D eigenvalue weighted by molar-refractivity contribution is -0.131. The van der Waals surface area contributed by atoms with Crippen LogP contribution in [0.15, 0.2) is 0 Å². The first-order valence-corrected chi connectivity index (χ1v) is 11.2. The summed E-state index contributed by atoms with van der Waals surface area (Å²) in [7, 11) is 0. The van der Waals surface area contributed by atoms with Crippen LogP contribution in [0.25, 0.3) is 0 Å². The van der Waals surface area contributed by atoms with Crippen molar-refractivity contribution in [2.24, 2.45) is 10.8 Å². The number of aliphatic hydroxyl groups excluding tert-OH is 2. The second-order valence-electron chi connectivity index (χ2n) is 8.02. The molecule has 0 atom stereocenters. The van der Waals surface area contributed by atoms with Crippen molar-refractivity contribution in [3.8, 4) is 0 Å². The summed E-state index contributed by atoms with van der Waals surface area (Å²) < 4.78 is 28.9. The van der Waals surface area contributed by atoms with Gasteiger partial charge in [-0.2, -0.15) is 0 Å². The molecule has 0 heterocycles. The molecule has 0 unspecified atom stereocenters. The van der Waals surface area contributed by atoms with Gasteiger partial charge in [-0.15, -0.1) is 0 Å². The molecule has 0 spiro atoms. The van der Waals surface area contributed by atoms with Gasteiger partial charge in [-0.1, -0.05) is 27.7 Å². The van der Waals surface area contributed by atoms with Crippen molar-refractivity contribution in [3.63, 3.8) is 0 Å². The first-order valence-electron chi connectivity index (χ1n) is 11.2. The van der Waals surface area contributed by atoms with Crippen LogP contribution in [0, 0.1) is 10.8 Å². The summed E-state index contributed by atoms with van der Waals surface area (Å²) in [6.45, 7) is 12.6. The van der Waals surface area contributed by atoms with E-state index in [-0.39, 0.29) is 26.4 Å². The van der Waals surface area contributed by atoms with Gasteiger partial charge >= 0.3 is 0 Å². The zero-order chi connectivity index (χ0) is 21.8. The average Bonchev–Trinajstić information content (AvgIpc) is 2.73. The Morgan fingerprint density at radius 2 is 0.690 bits per heavy atom. The van der Waals surface area contributed by atoms with E-state index in [0.717, 1.165) is 25.7 Å². The topological polar surface area (TPSA) is 86.6 Å². The average molecular weight is 423 g/mol. The third kappa shape index (κ3) is 12.9. The van der Waals surface area contributed by atoms with Crippen LogP contribution >= 0.6 is 0 Å². The summed E-state index contributed by atoms with van der Waals surface area (Å²) in [4.78, 5) is 0. The monoisotopic (exact) mass is 422 g/mol. The number of aliphatic hydroxyl groups is 2. The highest BCUT2D eigenvalue weighted by atomic mass is 16.5. The summed E-state index contributed by atoms with van der Waals surface area (Å²) >= 11 is 0. The predicted molar refractivity (Wildman–Crippen MR) is 114 cm³/mol. The Bertz CT molecular complexity index is 300. The van der Waals surface area contributed by atoms with Gasteiger partial charge in [-0.05, 0) is 25.7 Å². The lowest BCUT2D eigenvalue weighted by atomic mass is 9.90. The third-order valence-corrected chi connectivity index (χ3v) is 4.51. The molecule has 0 radical (unpaired) electrons. The van der Waals surface area contributed by atoms with Crippen LogP contribution in [0.5, 0.6) is 0 Å². The molecule has 7 heteroatoms. The molecule has 0 bridgehead atoms. The molecule has 7 nitrogen and oxygen atoms in total. The van der Waals surface area contributed by atoms with Crippen LogP contribution < -0.4 is 0 Å². The Morgan fingerprint density at radius 3 is 0.897 bits per heavy atom. The van der Waals surface area contributed by atoms with E-state index in [1.165, 1.54) is 0 Å². The first-order chi connectivity index (χ1) is 14.1. The summed E-state index contributed by atoms with van der Waals surface area (Å²) in [6.07, 6.45) is 3.65. The lowest BCUT2D eigenvalue weighted by Crippen LogP contribution is -2.45. The van der Waals surface area contributed by atoms with Gasteiger partial charge in [0.15, 0.2) is 0 Å². The van der Waals surface area contributed by atoms with Gasteiger partial charge in [0.2, 0.25) is 0 Å². The highest BCUT2D eigenvalue weighted by Gasteiger charge is 2.35. The normalized spacial score (nSPS) is 12.6. The van der Waals surface area contributed by atoms with Crippen molar-refractivity contribution in [2.75, 3.05) is 79.3 Å². The van der Waals surface area contributed by atoms with E-state index in [1.54, 1.807) is 0 Å². The molecule has 0 fully saturated rings. The van der Waals surface area contributed by atoms with Gasteiger partial charge in [0.1, 0.15) is 0 Å². The Labute approximate surface area is 178 Å². The second kappa shape index (κ2) is 18.5. The van der Waals surface area contributed by atoms with Crippen molar-refractivity contribution in [1.82, 2.24) is 0 Å². The maximum Gasteiger partial charge on any atom is 0.0635 e. The summed E-state index contributed by atoms with van der Waals surface area (Å²) in [5, 5.41) is 20.1. The molecule has 0 aromatic heterocycles. The Kier molecular flexibility index (Phi) is 18.3. The van der Waals surface area contributed by atoms with E-state index in [9.17, 15) is 10.2 Å². The van der Waals surface area contributed by atoms with Gasteiger partial charge in [0.05, 0.1) is 63.7 Å². The Balaban J connectivity index is 4.95. The fourth-order valence-electron chi connectivity index (χ4n) is 2.74. The maximum absolute atomic E-state index is 10.1. The number of hydrogen-bond acceptors (Lipinski definition) is 7. The Morgan fingerprint density at radius 1 is 0.448 bits per heavy atom. The summed E-state index contributed by atoms with van der Waals surface area (Å²) in [5.74, 6) is 0. The predicted octanol–water partition coefficient (Wildman–Crippen LogP) is 2.67. The van der Waals surface area contributed by atoms with Gasteiger partial charge < -0.3 is 33.9 Å². The molecular weight excluding hydrogens is 376 g/mol. The fraction of sp³-hybridized carbons (Fsp3) is 1.00. The highest BCUT2D eigenvalue weighted by Crippen LogP contribution is 2.24. The van der Waals surface area contributed by atoms with Gasteiger partial charge in [0, 0.05) is 26.4 Å². The minimum atomic E-state index is -0.625. The Hall–Kier alpha value is -0.280. The molecule has 0 amide bonds. The van der Waals surface area contributed by atoms with Crippen molar-refractivity contribution >= 4 is 0 Å². The van der Waals surface area contributed by atoms with Crippen LogP contribution in [0.3, 0.4) is 0 Å². The zero-order valence-electron chi connectivity index (χ0n) is 19.2. The van der Waals surface area contributed by atoms with Crippen LogP contribution in [0.4, 0.5) is 0 Å². The quantitative estimate of drug-likeness (QED) is 0.259. The smallest absolute Gasteiger partial charge is 0.0635 e. The number of rotatable bonds is 22. The molecule has 2 N–H and O–H groups in total. The van der Waals surface area contributed by atoms with Crippen molar-refractivity contribution in [2.45, 2.75) is 53.4 Å². The highest BCUT2D eigenvalue weighted by molar-refractivity contribution is 4.82. The van der Waals surface area contributed by atoms with Crippen LogP contribution in [0.2, 0.25) is 0 Å². The molecule has 0 aromatic carbocycles. The zero-order valence-corrected chi connectivity index (χ0v) is 19.2. The van der Waals surface area contributed by atoms with Crippen LogP contribution in [-0.4, -0.2) is 89.5 Å². The minimum absolute atomic E-state index is 0.0920. The molecule has 0 rings (SSSR count). The molecule has 0 saturated heterocycles. The van der Waals surface area contributed by atoms with E-state index in [0.29, 0.717) is 52.9 Å². The number of hydrogen-bond donors (Lipinski definition) is 2. The number of ether oxygens (including phenoxy) is 5. The van der Waals surface area contributed by atoms with Crippen molar-refractivity contribution < 1.29 is 33.9 Å².